The fraction of sp³-hybridized carbons (Fsp3) is 0. The standard InChI is InChI=1S/C6H6N4.2ClH/c7-5-4-10-2-1-8-3-6(10)9-5;;/h1-4H,7H2;2*1H. The van der Waals surface area contributed by atoms with Gasteiger partial charge in [-0.15, -0.1) is 24.8 Å². The highest BCUT2D eigenvalue weighted by Gasteiger charge is 1.93. The number of nitrogens with two attached hydrogens (primary N) is 1. The summed E-state index contributed by atoms with van der Waals surface area (Å²) < 4.78 is 1.82. The maximum atomic E-state index is 5.43. The normalized spacial score (nSPS) is 8.67. The predicted octanol–water partition coefficient (Wildman–Crippen LogP) is 1.16. The summed E-state index contributed by atoms with van der Waals surface area (Å²) in [5.74, 6) is 0.521. The summed E-state index contributed by atoms with van der Waals surface area (Å²) >= 11 is 0. The summed E-state index contributed by atoms with van der Waals surface area (Å²) in [5, 5.41) is 0. The highest BCUT2D eigenvalue weighted by molar-refractivity contribution is 5.85. The zero-order chi connectivity index (χ0) is 6.97. The molecule has 2 aromatic rings. The number of imidazole rings is 1. The Morgan fingerprint density at radius 2 is 2.08 bits per heavy atom. The molecule has 2 aromatic heterocycles. The molecule has 0 saturated heterocycles. The molecule has 0 aliphatic carbocycles. The molecule has 0 aliphatic heterocycles. The van der Waals surface area contributed by atoms with E-state index >= 15 is 0 Å². The van der Waals surface area contributed by atoms with Gasteiger partial charge in [0.1, 0.15) is 5.82 Å². The van der Waals surface area contributed by atoms with E-state index in [-0.39, 0.29) is 24.8 Å². The lowest BCUT2D eigenvalue weighted by Crippen LogP contribution is -1.81. The van der Waals surface area contributed by atoms with E-state index in [4.69, 9.17) is 5.73 Å². The first-order valence-electron chi connectivity index (χ1n) is 2.90. The van der Waals surface area contributed by atoms with Gasteiger partial charge in [-0.25, -0.2) is 4.98 Å². The topological polar surface area (TPSA) is 56.2 Å². The first kappa shape index (κ1) is 11.0. The molecule has 0 saturated carbocycles. The van der Waals surface area contributed by atoms with Gasteiger partial charge in [0.15, 0.2) is 5.65 Å². The van der Waals surface area contributed by atoms with Crippen molar-refractivity contribution in [2.45, 2.75) is 0 Å². The Hall–Kier alpha value is -1.00. The third kappa shape index (κ3) is 1.78. The number of hydrogen-bond donors (Lipinski definition) is 1. The summed E-state index contributed by atoms with van der Waals surface area (Å²) in [6, 6.07) is 0. The van der Waals surface area contributed by atoms with E-state index in [9.17, 15) is 0 Å². The molecule has 0 aromatic carbocycles. The van der Waals surface area contributed by atoms with Crippen LogP contribution in [0.25, 0.3) is 5.65 Å². The molecule has 2 heterocycles. The molecule has 0 atom stereocenters. The van der Waals surface area contributed by atoms with Crippen LogP contribution in [0, 0.1) is 0 Å². The predicted molar refractivity (Wildman–Crippen MR) is 51.9 cm³/mol. The van der Waals surface area contributed by atoms with Crippen molar-refractivity contribution in [2.75, 3.05) is 5.73 Å². The summed E-state index contributed by atoms with van der Waals surface area (Å²) in [6.45, 7) is 0. The second-order valence-corrected chi connectivity index (χ2v) is 2.01. The summed E-state index contributed by atoms with van der Waals surface area (Å²) in [7, 11) is 0. The summed E-state index contributed by atoms with van der Waals surface area (Å²) in [6.07, 6.45) is 6.90. The molecule has 12 heavy (non-hydrogen) atoms. The van der Waals surface area contributed by atoms with Crippen LogP contribution in [0.15, 0.2) is 24.8 Å². The van der Waals surface area contributed by atoms with Crippen LogP contribution < -0.4 is 5.73 Å². The van der Waals surface area contributed by atoms with Gasteiger partial charge >= 0.3 is 0 Å². The van der Waals surface area contributed by atoms with Gasteiger partial charge in [0.2, 0.25) is 0 Å². The quantitative estimate of drug-likeness (QED) is 0.704. The van der Waals surface area contributed by atoms with Crippen LogP contribution in [-0.4, -0.2) is 14.4 Å². The second kappa shape index (κ2) is 4.13. The van der Waals surface area contributed by atoms with Crippen LogP contribution in [0.5, 0.6) is 0 Å². The number of fused-ring (bicyclic) bond motifs is 1. The zero-order valence-electron chi connectivity index (χ0n) is 6.04. The van der Waals surface area contributed by atoms with E-state index in [1.807, 2.05) is 4.40 Å². The van der Waals surface area contributed by atoms with Gasteiger partial charge in [0.25, 0.3) is 0 Å². The second-order valence-electron chi connectivity index (χ2n) is 2.01. The molecular formula is C6H8Cl2N4. The molecule has 0 amide bonds. The lowest BCUT2D eigenvalue weighted by Gasteiger charge is -1.85. The molecule has 2 N–H and O–H groups in total. The molecule has 0 bridgehead atoms. The van der Waals surface area contributed by atoms with Crippen molar-refractivity contribution in [3.05, 3.63) is 24.8 Å². The summed E-state index contributed by atoms with van der Waals surface area (Å²) in [4.78, 5) is 7.88. The van der Waals surface area contributed by atoms with E-state index in [0.717, 1.165) is 5.65 Å². The van der Waals surface area contributed by atoms with Crippen LogP contribution in [0.3, 0.4) is 0 Å². The minimum Gasteiger partial charge on any atom is -0.382 e. The van der Waals surface area contributed by atoms with Crippen LogP contribution in [0.2, 0.25) is 0 Å². The maximum absolute atomic E-state index is 5.43. The Morgan fingerprint density at radius 3 is 2.75 bits per heavy atom. The highest BCUT2D eigenvalue weighted by atomic mass is 35.5. The number of nitrogen functional groups attached to an aromatic ring is 1. The number of rotatable bonds is 0. The smallest absolute Gasteiger partial charge is 0.157 e. The van der Waals surface area contributed by atoms with Crippen molar-refractivity contribution in [2.24, 2.45) is 0 Å². The number of nitrogens with zero attached hydrogens (tertiary/aromatic N) is 3. The molecule has 0 fully saturated rings. The Morgan fingerprint density at radius 1 is 1.33 bits per heavy atom. The van der Waals surface area contributed by atoms with Crippen molar-refractivity contribution < 1.29 is 0 Å². The Labute approximate surface area is 81.6 Å². The minimum atomic E-state index is 0. The van der Waals surface area contributed by atoms with Gasteiger partial charge < -0.3 is 10.1 Å². The van der Waals surface area contributed by atoms with Crippen LogP contribution in [-0.2, 0) is 0 Å². The highest BCUT2D eigenvalue weighted by Crippen LogP contribution is 2.02. The lowest BCUT2D eigenvalue weighted by molar-refractivity contribution is 1.13. The molecule has 0 spiro atoms. The number of aromatic nitrogens is 3. The van der Waals surface area contributed by atoms with E-state index in [1.165, 1.54) is 0 Å². The van der Waals surface area contributed by atoms with Gasteiger partial charge in [-0.1, -0.05) is 0 Å². The van der Waals surface area contributed by atoms with Crippen LogP contribution in [0.4, 0.5) is 5.82 Å². The lowest BCUT2D eigenvalue weighted by atomic mass is 10.7. The minimum absolute atomic E-state index is 0. The van der Waals surface area contributed by atoms with E-state index in [1.54, 1.807) is 24.8 Å². The van der Waals surface area contributed by atoms with E-state index < -0.39 is 0 Å². The first-order valence-corrected chi connectivity index (χ1v) is 2.90. The van der Waals surface area contributed by atoms with Gasteiger partial charge in [-0.05, 0) is 0 Å². The fourth-order valence-electron chi connectivity index (χ4n) is 0.862. The largest absolute Gasteiger partial charge is 0.382 e. The van der Waals surface area contributed by atoms with Gasteiger partial charge in [-0.2, -0.15) is 0 Å². The zero-order valence-corrected chi connectivity index (χ0v) is 7.68. The fourth-order valence-corrected chi connectivity index (χ4v) is 0.862. The molecule has 6 heteroatoms. The SMILES string of the molecule is Cl.Cl.Nc1cn2ccncc2n1. The molecule has 0 radical (unpaired) electrons. The molecule has 0 unspecified atom stereocenters. The van der Waals surface area contributed by atoms with Crippen LogP contribution in [0.1, 0.15) is 0 Å². The number of anilines is 1. The monoisotopic (exact) mass is 206 g/mol. The number of halogens is 2. The Balaban J connectivity index is 0.000000605. The summed E-state index contributed by atoms with van der Waals surface area (Å²) in [5.41, 5.74) is 6.21. The average Bonchev–Trinajstić information content (AvgIpc) is 2.27. The van der Waals surface area contributed by atoms with Crippen molar-refractivity contribution >= 4 is 36.3 Å². The molecular weight excluding hydrogens is 199 g/mol. The van der Waals surface area contributed by atoms with Crippen molar-refractivity contribution in [1.82, 2.24) is 14.4 Å². The third-order valence-electron chi connectivity index (χ3n) is 1.28. The van der Waals surface area contributed by atoms with Crippen LogP contribution >= 0.6 is 24.8 Å². The molecule has 0 aliphatic rings. The maximum Gasteiger partial charge on any atom is 0.157 e. The molecule has 66 valence electrons. The molecule has 2 rings (SSSR count). The van der Waals surface area contributed by atoms with E-state index in [0.29, 0.717) is 5.82 Å². The Kier molecular flexibility index (Phi) is 3.79. The van der Waals surface area contributed by atoms with Crippen molar-refractivity contribution in [3.63, 3.8) is 0 Å². The first-order chi connectivity index (χ1) is 4.86. The Bertz CT molecular complexity index is 326. The van der Waals surface area contributed by atoms with Gasteiger partial charge in [-0.3, -0.25) is 4.98 Å². The van der Waals surface area contributed by atoms with Gasteiger partial charge in [0, 0.05) is 12.4 Å². The van der Waals surface area contributed by atoms with Crippen molar-refractivity contribution in [3.8, 4) is 0 Å². The number of hydrogen-bond acceptors (Lipinski definition) is 3. The van der Waals surface area contributed by atoms with Gasteiger partial charge in [0.05, 0.1) is 12.4 Å². The van der Waals surface area contributed by atoms with E-state index in [2.05, 4.69) is 9.97 Å². The third-order valence-corrected chi connectivity index (χ3v) is 1.28. The molecule has 4 nitrogen and oxygen atoms in total. The van der Waals surface area contributed by atoms with Crippen molar-refractivity contribution in [1.29, 1.82) is 0 Å². The average molecular weight is 207 g/mol.